The molecule has 0 bridgehead atoms. The van der Waals surface area contributed by atoms with E-state index in [0.717, 1.165) is 17.9 Å². The summed E-state index contributed by atoms with van der Waals surface area (Å²) < 4.78 is 2.23. The van der Waals surface area contributed by atoms with Gasteiger partial charge in [-0.15, -0.1) is 0 Å². The SMILES string of the molecule is C/C=C\c1nc(C)n(-c2ccccc2)c1CC. The fourth-order valence-electron chi connectivity index (χ4n) is 2.15. The van der Waals surface area contributed by atoms with Gasteiger partial charge in [0.1, 0.15) is 5.82 Å². The minimum Gasteiger partial charge on any atom is -0.300 e. The molecule has 1 aromatic carbocycles. The van der Waals surface area contributed by atoms with Gasteiger partial charge in [0.05, 0.1) is 5.69 Å². The monoisotopic (exact) mass is 226 g/mol. The first-order valence-electron chi connectivity index (χ1n) is 6.04. The van der Waals surface area contributed by atoms with Crippen molar-refractivity contribution in [1.29, 1.82) is 0 Å². The van der Waals surface area contributed by atoms with Gasteiger partial charge in [-0.3, -0.25) is 0 Å². The Kier molecular flexibility index (Phi) is 3.43. The summed E-state index contributed by atoms with van der Waals surface area (Å²) in [5.41, 5.74) is 3.54. The molecule has 0 N–H and O–H groups in total. The molecule has 0 saturated carbocycles. The van der Waals surface area contributed by atoms with E-state index in [9.17, 15) is 0 Å². The Labute approximate surface area is 103 Å². The van der Waals surface area contributed by atoms with E-state index in [0.29, 0.717) is 0 Å². The molecule has 0 radical (unpaired) electrons. The molecule has 0 fully saturated rings. The van der Waals surface area contributed by atoms with Crippen LogP contribution in [0.5, 0.6) is 0 Å². The Bertz CT molecular complexity index is 521. The van der Waals surface area contributed by atoms with Crippen LogP contribution in [0.15, 0.2) is 36.4 Å². The van der Waals surface area contributed by atoms with Gasteiger partial charge in [-0.25, -0.2) is 4.98 Å². The molecule has 2 rings (SSSR count). The predicted molar refractivity (Wildman–Crippen MR) is 72.4 cm³/mol. The number of rotatable bonds is 3. The molecule has 2 heteroatoms. The zero-order valence-corrected chi connectivity index (χ0v) is 10.6. The molecule has 0 atom stereocenters. The molecular weight excluding hydrogens is 208 g/mol. The maximum absolute atomic E-state index is 4.62. The fraction of sp³-hybridized carbons (Fsp3) is 0.267. The van der Waals surface area contributed by atoms with Gasteiger partial charge in [-0.2, -0.15) is 0 Å². The average molecular weight is 226 g/mol. The molecule has 0 spiro atoms. The minimum atomic E-state index is 0.982. The molecular formula is C15H18N2. The van der Waals surface area contributed by atoms with Crippen molar-refractivity contribution < 1.29 is 0 Å². The molecule has 2 nitrogen and oxygen atoms in total. The lowest BCUT2D eigenvalue weighted by Gasteiger charge is -2.09. The first kappa shape index (κ1) is 11.6. The van der Waals surface area contributed by atoms with Crippen molar-refractivity contribution in [1.82, 2.24) is 9.55 Å². The van der Waals surface area contributed by atoms with Crippen molar-refractivity contribution in [2.75, 3.05) is 0 Å². The highest BCUT2D eigenvalue weighted by atomic mass is 15.1. The lowest BCUT2D eigenvalue weighted by atomic mass is 10.2. The number of hydrogen-bond donors (Lipinski definition) is 0. The highest BCUT2D eigenvalue weighted by Crippen LogP contribution is 2.19. The summed E-state index contributed by atoms with van der Waals surface area (Å²) in [5.74, 6) is 1.04. The maximum atomic E-state index is 4.62. The molecule has 17 heavy (non-hydrogen) atoms. The van der Waals surface area contributed by atoms with Crippen LogP contribution in [0, 0.1) is 6.92 Å². The van der Waals surface area contributed by atoms with Gasteiger partial charge in [-0.05, 0) is 38.5 Å². The second kappa shape index (κ2) is 5.00. The van der Waals surface area contributed by atoms with E-state index in [1.165, 1.54) is 11.4 Å². The molecule has 0 aliphatic rings. The summed E-state index contributed by atoms with van der Waals surface area (Å²) in [5, 5.41) is 0. The number of hydrogen-bond acceptors (Lipinski definition) is 1. The third-order valence-corrected chi connectivity index (χ3v) is 2.85. The second-order valence-corrected chi connectivity index (χ2v) is 4.02. The molecule has 1 aromatic heterocycles. The summed E-state index contributed by atoms with van der Waals surface area (Å²) >= 11 is 0. The molecule has 0 aliphatic heterocycles. The van der Waals surface area contributed by atoms with E-state index in [1.54, 1.807) is 0 Å². The third kappa shape index (κ3) is 2.16. The predicted octanol–water partition coefficient (Wildman–Crippen LogP) is 3.78. The standard InChI is InChI=1S/C15H18N2/c1-4-9-14-15(5-2)17(12(3)16-14)13-10-7-6-8-11-13/h4,6-11H,5H2,1-3H3/b9-4-. The topological polar surface area (TPSA) is 17.8 Å². The van der Waals surface area contributed by atoms with Crippen LogP contribution in [0.25, 0.3) is 11.8 Å². The summed E-state index contributed by atoms with van der Waals surface area (Å²) in [6.07, 6.45) is 5.09. The quantitative estimate of drug-likeness (QED) is 0.779. The van der Waals surface area contributed by atoms with Gasteiger partial charge in [0.15, 0.2) is 0 Å². The van der Waals surface area contributed by atoms with Crippen molar-refractivity contribution in [2.45, 2.75) is 27.2 Å². The van der Waals surface area contributed by atoms with Crippen molar-refractivity contribution in [3.63, 3.8) is 0 Å². The fourth-order valence-corrected chi connectivity index (χ4v) is 2.15. The first-order chi connectivity index (χ1) is 8.27. The molecule has 88 valence electrons. The van der Waals surface area contributed by atoms with Gasteiger partial charge >= 0.3 is 0 Å². The summed E-state index contributed by atoms with van der Waals surface area (Å²) in [7, 11) is 0. The van der Waals surface area contributed by atoms with Crippen LogP contribution in [0.1, 0.15) is 31.1 Å². The van der Waals surface area contributed by atoms with E-state index in [1.807, 2.05) is 19.1 Å². The van der Waals surface area contributed by atoms with Gasteiger partial charge < -0.3 is 4.57 Å². The molecule has 0 unspecified atom stereocenters. The number of aryl methyl sites for hydroxylation is 1. The van der Waals surface area contributed by atoms with E-state index < -0.39 is 0 Å². The third-order valence-electron chi connectivity index (χ3n) is 2.85. The van der Waals surface area contributed by atoms with Crippen molar-refractivity contribution in [2.24, 2.45) is 0 Å². The Balaban J connectivity index is 2.61. The van der Waals surface area contributed by atoms with Crippen LogP contribution >= 0.6 is 0 Å². The number of aromatic nitrogens is 2. The maximum Gasteiger partial charge on any atom is 0.111 e. The zero-order valence-electron chi connectivity index (χ0n) is 10.6. The number of benzene rings is 1. The smallest absolute Gasteiger partial charge is 0.111 e. The first-order valence-corrected chi connectivity index (χ1v) is 6.04. The molecule has 0 saturated heterocycles. The molecule has 1 heterocycles. The van der Waals surface area contributed by atoms with E-state index in [2.05, 4.69) is 53.7 Å². The second-order valence-electron chi connectivity index (χ2n) is 4.02. The Morgan fingerprint density at radius 2 is 1.94 bits per heavy atom. The Morgan fingerprint density at radius 1 is 1.24 bits per heavy atom. The van der Waals surface area contributed by atoms with Crippen molar-refractivity contribution in [3.05, 3.63) is 53.6 Å². The summed E-state index contributed by atoms with van der Waals surface area (Å²) in [6, 6.07) is 10.4. The Morgan fingerprint density at radius 3 is 2.53 bits per heavy atom. The van der Waals surface area contributed by atoms with Crippen LogP contribution in [0.4, 0.5) is 0 Å². The summed E-state index contributed by atoms with van der Waals surface area (Å²) in [4.78, 5) is 4.62. The largest absolute Gasteiger partial charge is 0.300 e. The highest BCUT2D eigenvalue weighted by molar-refractivity contribution is 5.51. The Hall–Kier alpha value is -1.83. The van der Waals surface area contributed by atoms with Gasteiger partial charge in [0.2, 0.25) is 0 Å². The van der Waals surface area contributed by atoms with Gasteiger partial charge in [0.25, 0.3) is 0 Å². The van der Waals surface area contributed by atoms with Crippen molar-refractivity contribution >= 4 is 6.08 Å². The zero-order chi connectivity index (χ0) is 12.3. The van der Waals surface area contributed by atoms with Crippen LogP contribution in [-0.4, -0.2) is 9.55 Å². The van der Waals surface area contributed by atoms with Crippen LogP contribution < -0.4 is 0 Å². The van der Waals surface area contributed by atoms with Crippen LogP contribution in [0.3, 0.4) is 0 Å². The van der Waals surface area contributed by atoms with Crippen LogP contribution in [-0.2, 0) is 6.42 Å². The normalized spacial score (nSPS) is 11.2. The molecule has 2 aromatic rings. The van der Waals surface area contributed by atoms with Gasteiger partial charge in [0, 0.05) is 11.4 Å². The van der Waals surface area contributed by atoms with E-state index >= 15 is 0 Å². The van der Waals surface area contributed by atoms with Gasteiger partial charge in [-0.1, -0.05) is 31.2 Å². The molecule has 0 aliphatic carbocycles. The minimum absolute atomic E-state index is 0.982. The number of imidazole rings is 1. The average Bonchev–Trinajstić information content (AvgIpc) is 2.67. The number of nitrogens with zero attached hydrogens (tertiary/aromatic N) is 2. The lowest BCUT2D eigenvalue weighted by Crippen LogP contribution is -2.01. The summed E-state index contributed by atoms with van der Waals surface area (Å²) in [6.45, 7) is 6.25. The van der Waals surface area contributed by atoms with E-state index in [4.69, 9.17) is 0 Å². The molecule has 0 amide bonds. The van der Waals surface area contributed by atoms with Crippen LogP contribution in [0.2, 0.25) is 0 Å². The number of allylic oxidation sites excluding steroid dienone is 1. The van der Waals surface area contributed by atoms with E-state index in [-0.39, 0.29) is 0 Å². The number of para-hydroxylation sites is 1. The van der Waals surface area contributed by atoms with Crippen molar-refractivity contribution in [3.8, 4) is 5.69 Å². The lowest BCUT2D eigenvalue weighted by molar-refractivity contribution is 0.894. The highest BCUT2D eigenvalue weighted by Gasteiger charge is 2.11.